The minimum atomic E-state index is 0. The highest BCUT2D eigenvalue weighted by atomic mass is 127. The van der Waals surface area contributed by atoms with Gasteiger partial charge < -0.3 is 25.4 Å². The molecule has 33 heavy (non-hydrogen) atoms. The first-order valence-electron chi connectivity index (χ1n) is 11.0. The Balaban J connectivity index is 0.00000306. The maximum atomic E-state index is 12.6. The number of carbonyl (C=O) groups excluding carboxylic acids is 1. The van der Waals surface area contributed by atoms with Gasteiger partial charge in [0, 0.05) is 82.2 Å². The standard InChI is InChI=1S/C23H30N8O.HI/c1-24-22(25-11-7-18-17-29-20-6-3-2-5-19(18)20)26-12-8-21(32)30-13-15-31(16-14-30)23-27-9-4-10-28-23;/h2-6,9-10,17,29H,7-8,11-16H2,1H3,(H2,24,25,26);1H. The molecule has 3 heterocycles. The zero-order chi connectivity index (χ0) is 22.2. The van der Waals surface area contributed by atoms with Crippen LogP contribution >= 0.6 is 24.0 Å². The Morgan fingerprint density at radius 2 is 1.79 bits per heavy atom. The lowest BCUT2D eigenvalue weighted by Crippen LogP contribution is -2.50. The van der Waals surface area contributed by atoms with Gasteiger partial charge in [0.1, 0.15) is 0 Å². The summed E-state index contributed by atoms with van der Waals surface area (Å²) >= 11 is 0. The Kier molecular flexibility index (Phi) is 9.28. The summed E-state index contributed by atoms with van der Waals surface area (Å²) in [6.45, 7) is 4.19. The van der Waals surface area contributed by atoms with Crippen molar-refractivity contribution in [2.75, 3.05) is 51.2 Å². The molecule has 3 N–H and O–H groups in total. The van der Waals surface area contributed by atoms with Crippen LogP contribution in [0.3, 0.4) is 0 Å². The van der Waals surface area contributed by atoms with Gasteiger partial charge >= 0.3 is 0 Å². The molecule has 1 amide bonds. The van der Waals surface area contributed by atoms with Gasteiger partial charge in [-0.2, -0.15) is 0 Å². The van der Waals surface area contributed by atoms with Crippen LogP contribution < -0.4 is 15.5 Å². The van der Waals surface area contributed by atoms with E-state index in [1.165, 1.54) is 10.9 Å². The van der Waals surface area contributed by atoms with Crippen molar-refractivity contribution in [3.8, 4) is 0 Å². The van der Waals surface area contributed by atoms with E-state index in [9.17, 15) is 4.79 Å². The summed E-state index contributed by atoms with van der Waals surface area (Å²) in [6, 6.07) is 10.1. The number of para-hydroxylation sites is 1. The molecule has 0 spiro atoms. The number of aromatic amines is 1. The van der Waals surface area contributed by atoms with Crippen molar-refractivity contribution in [1.29, 1.82) is 0 Å². The van der Waals surface area contributed by atoms with Crippen LogP contribution in [0.2, 0.25) is 0 Å². The fourth-order valence-corrected chi connectivity index (χ4v) is 3.93. The summed E-state index contributed by atoms with van der Waals surface area (Å²) in [5, 5.41) is 7.83. The number of aromatic nitrogens is 3. The molecule has 1 aliphatic rings. The highest BCUT2D eigenvalue weighted by Gasteiger charge is 2.22. The lowest BCUT2D eigenvalue weighted by molar-refractivity contribution is -0.131. The van der Waals surface area contributed by atoms with Gasteiger partial charge in [0.25, 0.3) is 0 Å². The number of piperazine rings is 1. The molecule has 3 aromatic rings. The zero-order valence-electron chi connectivity index (χ0n) is 18.8. The molecule has 1 aromatic carbocycles. The van der Waals surface area contributed by atoms with E-state index in [1.807, 2.05) is 11.0 Å². The van der Waals surface area contributed by atoms with E-state index >= 15 is 0 Å². The van der Waals surface area contributed by atoms with Gasteiger partial charge in [-0.1, -0.05) is 18.2 Å². The number of benzene rings is 1. The van der Waals surface area contributed by atoms with E-state index in [0.29, 0.717) is 32.0 Å². The smallest absolute Gasteiger partial charge is 0.225 e. The van der Waals surface area contributed by atoms with Gasteiger partial charge in [0.15, 0.2) is 5.96 Å². The lowest BCUT2D eigenvalue weighted by atomic mass is 10.1. The largest absolute Gasteiger partial charge is 0.361 e. The fourth-order valence-electron chi connectivity index (χ4n) is 3.93. The predicted molar refractivity (Wildman–Crippen MR) is 142 cm³/mol. The normalized spacial score (nSPS) is 14.2. The Labute approximate surface area is 211 Å². The van der Waals surface area contributed by atoms with E-state index in [0.717, 1.165) is 37.5 Å². The third kappa shape index (κ3) is 6.56. The molecule has 10 heteroatoms. The third-order valence-electron chi connectivity index (χ3n) is 5.68. The molecule has 2 aromatic heterocycles. The van der Waals surface area contributed by atoms with Crippen LogP contribution in [0.15, 0.2) is 53.9 Å². The third-order valence-corrected chi connectivity index (χ3v) is 5.68. The van der Waals surface area contributed by atoms with Crippen molar-refractivity contribution in [3.63, 3.8) is 0 Å². The summed E-state index contributed by atoms with van der Waals surface area (Å²) in [6.07, 6.45) is 6.87. The van der Waals surface area contributed by atoms with Gasteiger partial charge in [-0.05, 0) is 24.1 Å². The number of fused-ring (bicyclic) bond motifs is 1. The van der Waals surface area contributed by atoms with Gasteiger partial charge in [-0.25, -0.2) is 9.97 Å². The van der Waals surface area contributed by atoms with Crippen molar-refractivity contribution >= 4 is 52.7 Å². The first-order valence-corrected chi connectivity index (χ1v) is 11.0. The van der Waals surface area contributed by atoms with Crippen LogP contribution in [0.5, 0.6) is 0 Å². The maximum Gasteiger partial charge on any atom is 0.225 e. The molecule has 176 valence electrons. The number of aliphatic imine (C=N–C) groups is 1. The molecule has 0 aliphatic carbocycles. The van der Waals surface area contributed by atoms with Crippen LogP contribution in [0.4, 0.5) is 5.95 Å². The molecule has 1 aliphatic heterocycles. The minimum Gasteiger partial charge on any atom is -0.361 e. The minimum absolute atomic E-state index is 0. The number of hydrogen-bond donors (Lipinski definition) is 3. The quantitative estimate of drug-likeness (QED) is 0.232. The number of carbonyl (C=O) groups is 1. The van der Waals surface area contributed by atoms with Gasteiger partial charge in [0.05, 0.1) is 0 Å². The van der Waals surface area contributed by atoms with Gasteiger partial charge in [-0.3, -0.25) is 9.79 Å². The number of halogens is 1. The maximum absolute atomic E-state index is 12.6. The van der Waals surface area contributed by atoms with Crippen LogP contribution in [0.1, 0.15) is 12.0 Å². The number of hydrogen-bond acceptors (Lipinski definition) is 5. The van der Waals surface area contributed by atoms with Crippen molar-refractivity contribution < 1.29 is 4.79 Å². The van der Waals surface area contributed by atoms with Gasteiger partial charge in [0.2, 0.25) is 11.9 Å². The van der Waals surface area contributed by atoms with Crippen molar-refractivity contribution in [1.82, 2.24) is 30.5 Å². The molecule has 0 radical (unpaired) electrons. The molecule has 0 unspecified atom stereocenters. The Morgan fingerprint density at radius 1 is 1.06 bits per heavy atom. The number of H-pyrrole nitrogens is 1. The summed E-state index contributed by atoms with van der Waals surface area (Å²) < 4.78 is 0. The number of amides is 1. The number of guanidine groups is 1. The van der Waals surface area contributed by atoms with Crippen LogP contribution in [0.25, 0.3) is 10.9 Å². The molecule has 0 saturated carbocycles. The van der Waals surface area contributed by atoms with E-state index in [1.54, 1.807) is 25.5 Å². The highest BCUT2D eigenvalue weighted by molar-refractivity contribution is 14.0. The van der Waals surface area contributed by atoms with E-state index in [4.69, 9.17) is 0 Å². The number of nitrogens with zero attached hydrogens (tertiary/aromatic N) is 5. The first-order chi connectivity index (χ1) is 15.7. The summed E-state index contributed by atoms with van der Waals surface area (Å²) in [5.74, 6) is 1.59. The topological polar surface area (TPSA) is 102 Å². The average Bonchev–Trinajstić information content (AvgIpc) is 3.26. The highest BCUT2D eigenvalue weighted by Crippen LogP contribution is 2.17. The van der Waals surface area contributed by atoms with E-state index in [2.05, 4.69) is 59.9 Å². The molecular weight excluding hydrogens is 531 g/mol. The molecule has 0 bridgehead atoms. The molecule has 1 saturated heterocycles. The second-order valence-electron chi connectivity index (χ2n) is 7.70. The van der Waals surface area contributed by atoms with Crippen LogP contribution in [-0.4, -0.2) is 78.0 Å². The Bertz CT molecular complexity index is 1050. The van der Waals surface area contributed by atoms with Crippen LogP contribution in [0, 0.1) is 0 Å². The van der Waals surface area contributed by atoms with E-state index in [-0.39, 0.29) is 29.9 Å². The second-order valence-corrected chi connectivity index (χ2v) is 7.70. The number of anilines is 1. The van der Waals surface area contributed by atoms with Crippen molar-refractivity contribution in [3.05, 3.63) is 54.5 Å². The summed E-state index contributed by atoms with van der Waals surface area (Å²) in [4.78, 5) is 32.7. The molecular formula is C23H31IN8O. The van der Waals surface area contributed by atoms with Crippen LogP contribution in [-0.2, 0) is 11.2 Å². The Morgan fingerprint density at radius 3 is 2.55 bits per heavy atom. The molecule has 0 atom stereocenters. The Hall–Kier alpha value is -2.89. The zero-order valence-corrected chi connectivity index (χ0v) is 21.2. The lowest BCUT2D eigenvalue weighted by Gasteiger charge is -2.34. The predicted octanol–water partition coefficient (Wildman–Crippen LogP) is 2.02. The summed E-state index contributed by atoms with van der Waals surface area (Å²) in [7, 11) is 1.74. The van der Waals surface area contributed by atoms with Crippen molar-refractivity contribution in [2.24, 2.45) is 4.99 Å². The number of nitrogens with one attached hydrogen (secondary N) is 3. The monoisotopic (exact) mass is 562 g/mol. The van der Waals surface area contributed by atoms with Gasteiger partial charge in [-0.15, -0.1) is 24.0 Å². The SMILES string of the molecule is CN=C(NCCC(=O)N1CCN(c2ncccn2)CC1)NCCc1c[nH]c2ccccc12.I. The first kappa shape index (κ1) is 24.7. The van der Waals surface area contributed by atoms with Crippen molar-refractivity contribution in [2.45, 2.75) is 12.8 Å². The average molecular weight is 562 g/mol. The van der Waals surface area contributed by atoms with E-state index < -0.39 is 0 Å². The summed E-state index contributed by atoms with van der Waals surface area (Å²) in [5.41, 5.74) is 2.43. The molecule has 4 rings (SSSR count). The fraction of sp³-hybridized carbons (Fsp3) is 0.391. The molecule has 9 nitrogen and oxygen atoms in total. The number of rotatable bonds is 7. The molecule has 1 fully saturated rings. The second kappa shape index (κ2) is 12.4.